The van der Waals surface area contributed by atoms with E-state index in [0.29, 0.717) is 18.1 Å². The van der Waals surface area contributed by atoms with E-state index in [-0.39, 0.29) is 18.2 Å². The van der Waals surface area contributed by atoms with Gasteiger partial charge in [0, 0.05) is 12.6 Å². The summed E-state index contributed by atoms with van der Waals surface area (Å²) in [6, 6.07) is 3.88. The van der Waals surface area contributed by atoms with E-state index in [0.717, 1.165) is 5.82 Å². The lowest BCUT2D eigenvalue weighted by atomic mass is 10.2. The highest BCUT2D eigenvalue weighted by atomic mass is 16.5. The van der Waals surface area contributed by atoms with Gasteiger partial charge in [-0.3, -0.25) is 0 Å². The minimum absolute atomic E-state index is 0.0830. The van der Waals surface area contributed by atoms with E-state index in [1.807, 2.05) is 31.7 Å². The van der Waals surface area contributed by atoms with Crippen molar-refractivity contribution in [3.05, 3.63) is 12.1 Å². The van der Waals surface area contributed by atoms with Gasteiger partial charge in [0.05, 0.1) is 12.3 Å². The van der Waals surface area contributed by atoms with Gasteiger partial charge in [-0.2, -0.15) is 4.98 Å². The number of hydrogen-bond donors (Lipinski definition) is 2. The zero-order valence-corrected chi connectivity index (χ0v) is 12.5. The minimum Gasteiger partial charge on any atom is -0.470 e. The number of aliphatic hydroxyl groups is 1. The average Bonchev–Trinajstić information content (AvgIpc) is 2.27. The molecule has 19 heavy (non-hydrogen) atoms. The SMILES string of the molecule is CC(C)N(CCO)c1ccc(N)c(OC(C)(C)C)n1. The molecule has 1 aromatic heterocycles. The van der Waals surface area contributed by atoms with E-state index < -0.39 is 0 Å². The Morgan fingerprint density at radius 3 is 2.47 bits per heavy atom. The maximum absolute atomic E-state index is 9.13. The molecule has 3 N–H and O–H groups in total. The van der Waals surface area contributed by atoms with Crippen molar-refractivity contribution >= 4 is 11.5 Å². The number of hydrogen-bond acceptors (Lipinski definition) is 5. The number of nitrogens with zero attached hydrogens (tertiary/aromatic N) is 2. The first-order valence-electron chi connectivity index (χ1n) is 6.57. The van der Waals surface area contributed by atoms with Crippen LogP contribution in [0.1, 0.15) is 34.6 Å². The van der Waals surface area contributed by atoms with Crippen LogP contribution in [-0.2, 0) is 0 Å². The fourth-order valence-electron chi connectivity index (χ4n) is 1.72. The number of aliphatic hydroxyl groups excluding tert-OH is 1. The van der Waals surface area contributed by atoms with Gasteiger partial charge in [0.2, 0.25) is 5.88 Å². The van der Waals surface area contributed by atoms with Crippen molar-refractivity contribution in [3.63, 3.8) is 0 Å². The Bertz CT molecular complexity index is 414. The molecule has 0 unspecified atom stereocenters. The topological polar surface area (TPSA) is 71.6 Å². The van der Waals surface area contributed by atoms with Gasteiger partial charge < -0.3 is 20.5 Å². The molecular formula is C14H25N3O2. The zero-order chi connectivity index (χ0) is 14.6. The predicted molar refractivity (Wildman–Crippen MR) is 78.6 cm³/mol. The van der Waals surface area contributed by atoms with Gasteiger partial charge in [0.15, 0.2) is 0 Å². The summed E-state index contributed by atoms with van der Waals surface area (Å²) in [7, 11) is 0. The van der Waals surface area contributed by atoms with Crippen LogP contribution in [0.4, 0.5) is 11.5 Å². The molecule has 108 valence electrons. The molecule has 0 amide bonds. The van der Waals surface area contributed by atoms with Crippen LogP contribution in [0, 0.1) is 0 Å². The molecule has 0 aromatic carbocycles. The van der Waals surface area contributed by atoms with E-state index in [9.17, 15) is 0 Å². The molecule has 0 aliphatic carbocycles. The van der Waals surface area contributed by atoms with Gasteiger partial charge in [-0.25, -0.2) is 0 Å². The van der Waals surface area contributed by atoms with Crippen molar-refractivity contribution in [1.82, 2.24) is 4.98 Å². The van der Waals surface area contributed by atoms with Crippen LogP contribution in [0.3, 0.4) is 0 Å². The second kappa shape index (κ2) is 6.10. The molecule has 0 aliphatic rings. The number of nitrogens with two attached hydrogens (primary N) is 1. The van der Waals surface area contributed by atoms with Crippen molar-refractivity contribution in [2.24, 2.45) is 0 Å². The first-order chi connectivity index (χ1) is 8.74. The standard InChI is InChI=1S/C14H25N3O2/c1-10(2)17(8-9-18)12-7-6-11(15)13(16-12)19-14(3,4)5/h6-7,10,18H,8-9,15H2,1-5H3. The van der Waals surface area contributed by atoms with Crippen LogP contribution in [0.15, 0.2) is 12.1 Å². The van der Waals surface area contributed by atoms with Gasteiger partial charge in [0.25, 0.3) is 0 Å². The maximum Gasteiger partial charge on any atom is 0.239 e. The fourth-order valence-corrected chi connectivity index (χ4v) is 1.72. The molecule has 0 saturated heterocycles. The Hall–Kier alpha value is -1.49. The number of anilines is 2. The van der Waals surface area contributed by atoms with Crippen molar-refractivity contribution in [1.29, 1.82) is 0 Å². The molecule has 1 rings (SSSR count). The maximum atomic E-state index is 9.13. The monoisotopic (exact) mass is 267 g/mol. The van der Waals surface area contributed by atoms with Gasteiger partial charge in [-0.05, 0) is 46.8 Å². The molecule has 1 aromatic rings. The van der Waals surface area contributed by atoms with E-state index in [1.54, 1.807) is 6.07 Å². The highest BCUT2D eigenvalue weighted by Crippen LogP contribution is 2.27. The lowest BCUT2D eigenvalue weighted by Crippen LogP contribution is -2.34. The summed E-state index contributed by atoms with van der Waals surface area (Å²) < 4.78 is 5.76. The Kier molecular flexibility index (Phi) is 5.00. The molecule has 1 heterocycles. The molecule has 0 spiro atoms. The summed E-state index contributed by atoms with van der Waals surface area (Å²) in [5.74, 6) is 1.20. The molecule has 5 nitrogen and oxygen atoms in total. The second-order valence-electron chi connectivity index (χ2n) is 5.79. The Balaban J connectivity index is 3.06. The highest BCUT2D eigenvalue weighted by Gasteiger charge is 2.18. The largest absolute Gasteiger partial charge is 0.470 e. The average molecular weight is 267 g/mol. The Morgan fingerprint density at radius 1 is 1.37 bits per heavy atom. The molecule has 0 aliphatic heterocycles. The molecule has 0 atom stereocenters. The smallest absolute Gasteiger partial charge is 0.239 e. The van der Waals surface area contributed by atoms with E-state index >= 15 is 0 Å². The lowest BCUT2D eigenvalue weighted by Gasteiger charge is -2.28. The number of pyridine rings is 1. The number of aromatic nitrogens is 1. The van der Waals surface area contributed by atoms with E-state index in [4.69, 9.17) is 15.6 Å². The van der Waals surface area contributed by atoms with Crippen molar-refractivity contribution < 1.29 is 9.84 Å². The molecule has 0 fully saturated rings. The first-order valence-corrected chi connectivity index (χ1v) is 6.57. The highest BCUT2D eigenvalue weighted by molar-refractivity contribution is 5.55. The van der Waals surface area contributed by atoms with Crippen LogP contribution in [0.2, 0.25) is 0 Å². The van der Waals surface area contributed by atoms with Crippen molar-refractivity contribution in [2.45, 2.75) is 46.3 Å². The summed E-state index contributed by atoms with van der Waals surface area (Å²) >= 11 is 0. The first kappa shape index (κ1) is 15.6. The summed E-state index contributed by atoms with van der Waals surface area (Å²) in [5, 5.41) is 9.13. The lowest BCUT2D eigenvalue weighted by molar-refractivity contribution is 0.125. The summed E-state index contributed by atoms with van der Waals surface area (Å²) in [6.45, 7) is 10.6. The van der Waals surface area contributed by atoms with Gasteiger partial charge in [0.1, 0.15) is 11.4 Å². The van der Waals surface area contributed by atoms with E-state index in [1.165, 1.54) is 0 Å². The zero-order valence-electron chi connectivity index (χ0n) is 12.5. The van der Waals surface area contributed by atoms with Crippen LogP contribution in [-0.4, -0.2) is 34.9 Å². The number of nitrogen functional groups attached to an aromatic ring is 1. The predicted octanol–water partition coefficient (Wildman–Crippen LogP) is 2.05. The quantitative estimate of drug-likeness (QED) is 0.854. The normalized spacial score (nSPS) is 11.7. The van der Waals surface area contributed by atoms with Crippen LogP contribution in [0.25, 0.3) is 0 Å². The number of rotatable bonds is 5. The molecule has 0 saturated carbocycles. The molecule has 0 bridgehead atoms. The van der Waals surface area contributed by atoms with Gasteiger partial charge in [-0.1, -0.05) is 0 Å². The van der Waals surface area contributed by atoms with Crippen molar-refractivity contribution in [3.8, 4) is 5.88 Å². The summed E-state index contributed by atoms with van der Waals surface area (Å²) in [5.41, 5.74) is 6.06. The van der Waals surface area contributed by atoms with Gasteiger partial charge >= 0.3 is 0 Å². The summed E-state index contributed by atoms with van der Waals surface area (Å²) in [6.07, 6.45) is 0. The summed E-state index contributed by atoms with van der Waals surface area (Å²) in [4.78, 5) is 6.47. The van der Waals surface area contributed by atoms with Crippen molar-refractivity contribution in [2.75, 3.05) is 23.8 Å². The Labute approximate surface area is 115 Å². The van der Waals surface area contributed by atoms with Crippen LogP contribution >= 0.6 is 0 Å². The third kappa shape index (κ3) is 4.59. The molecule has 5 heteroatoms. The molecule has 0 radical (unpaired) electrons. The minimum atomic E-state index is -0.348. The van der Waals surface area contributed by atoms with Crippen LogP contribution in [0.5, 0.6) is 5.88 Å². The van der Waals surface area contributed by atoms with Crippen LogP contribution < -0.4 is 15.4 Å². The fraction of sp³-hybridized carbons (Fsp3) is 0.643. The number of ether oxygens (including phenoxy) is 1. The van der Waals surface area contributed by atoms with E-state index in [2.05, 4.69) is 18.8 Å². The third-order valence-electron chi connectivity index (χ3n) is 2.54. The second-order valence-corrected chi connectivity index (χ2v) is 5.79. The molecular weight excluding hydrogens is 242 g/mol. The van der Waals surface area contributed by atoms with Gasteiger partial charge in [-0.15, -0.1) is 0 Å². The third-order valence-corrected chi connectivity index (χ3v) is 2.54. The Morgan fingerprint density at radius 2 is 2.00 bits per heavy atom.